The van der Waals surface area contributed by atoms with E-state index in [4.69, 9.17) is 28.7 Å². The van der Waals surface area contributed by atoms with Gasteiger partial charge in [0.05, 0.1) is 18.5 Å². The van der Waals surface area contributed by atoms with E-state index in [0.717, 1.165) is 50.0 Å². The summed E-state index contributed by atoms with van der Waals surface area (Å²) in [4.78, 5) is 28.8. The average molecular weight is 570 g/mol. The fourth-order valence-electron chi connectivity index (χ4n) is 3.70. The maximum Gasteiger partial charge on any atom is 0.245 e. The molecule has 0 heterocycles. The van der Waals surface area contributed by atoms with Crippen molar-refractivity contribution in [3.8, 4) is 0 Å². The molecule has 206 valence electrons. The number of unbranched alkanes of at least 4 members (excludes halogenated alkanes) is 2. The van der Waals surface area contributed by atoms with E-state index >= 15 is 0 Å². The fourth-order valence-corrected chi connectivity index (χ4v) is 5.35. The van der Waals surface area contributed by atoms with Gasteiger partial charge in [-0.2, -0.15) is 50.5 Å². The molecule has 9 nitrogen and oxygen atoms in total. The minimum absolute atomic E-state index is 0.218. The van der Waals surface area contributed by atoms with Gasteiger partial charge in [0.1, 0.15) is 0 Å². The number of nitrogens with one attached hydrogen (secondary N) is 1. The van der Waals surface area contributed by atoms with Crippen molar-refractivity contribution in [2.45, 2.75) is 93.2 Å². The molecule has 0 aromatic heterocycles. The molecular formula is C22H47N7O2S4. The first-order valence-electron chi connectivity index (χ1n) is 12.3. The molecular weight excluding hydrogens is 523 g/mol. The van der Waals surface area contributed by atoms with Crippen LogP contribution in [0.4, 0.5) is 0 Å². The van der Waals surface area contributed by atoms with Crippen LogP contribution in [0.1, 0.15) is 64.2 Å². The molecule has 0 aromatic rings. The molecule has 0 saturated heterocycles. The predicted octanol–water partition coefficient (Wildman–Crippen LogP) is 1.06. The van der Waals surface area contributed by atoms with Crippen LogP contribution in [0.15, 0.2) is 4.99 Å². The topological polar surface area (TPSA) is 189 Å². The Bertz CT molecular complexity index is 606. The first kappa shape index (κ1) is 35.0. The maximum absolute atomic E-state index is 12.4. The van der Waals surface area contributed by atoms with Gasteiger partial charge in [-0.1, -0.05) is 12.8 Å². The second-order valence-electron chi connectivity index (χ2n) is 8.90. The third kappa shape index (κ3) is 17.2. The van der Waals surface area contributed by atoms with Crippen LogP contribution in [0.25, 0.3) is 0 Å². The lowest BCUT2D eigenvalue weighted by Crippen LogP contribution is -2.61. The van der Waals surface area contributed by atoms with Gasteiger partial charge in [-0.05, 0) is 50.0 Å². The summed E-state index contributed by atoms with van der Waals surface area (Å²) in [6.45, 7) is 0. The number of nitrogens with zero attached hydrogens (tertiary/aromatic N) is 1. The Balaban J connectivity index is 4.91. The van der Waals surface area contributed by atoms with E-state index < -0.39 is 30.3 Å². The first-order chi connectivity index (χ1) is 16.5. The van der Waals surface area contributed by atoms with E-state index in [1.807, 2.05) is 0 Å². The standard InChI is InChI=1S/C22H47N7O2S4/c23-20(24)19(21(25)26)16(13-28-17(30)7-3-1-5-14(34)9-11-32)22(27)29-18(31)8-4-2-6-15(35)10-12-33/h13-16,19-22,32-35H,1-12,23-27H2,(H,29,31)/b28-13+. The van der Waals surface area contributed by atoms with Crippen molar-refractivity contribution in [2.24, 2.45) is 45.5 Å². The molecule has 4 atom stereocenters. The third-order valence-corrected chi connectivity index (χ3v) is 7.31. The molecule has 0 rings (SSSR count). The first-order valence-corrected chi connectivity index (χ1v) is 14.5. The van der Waals surface area contributed by atoms with Crippen molar-refractivity contribution in [3.63, 3.8) is 0 Å². The smallest absolute Gasteiger partial charge is 0.245 e. The van der Waals surface area contributed by atoms with Gasteiger partial charge in [0.25, 0.3) is 0 Å². The molecule has 11 N–H and O–H groups in total. The van der Waals surface area contributed by atoms with E-state index in [2.05, 4.69) is 60.8 Å². The van der Waals surface area contributed by atoms with Gasteiger partial charge < -0.3 is 34.0 Å². The SMILES string of the molecule is NC(N)C(C(N)N)C(/C=N/C(=O)CCCCC(S)CCS)C(N)NC(=O)CCCCC(S)CCS. The summed E-state index contributed by atoms with van der Waals surface area (Å²) in [7, 11) is 0. The molecule has 0 bridgehead atoms. The number of carbonyl (C=O) groups is 2. The van der Waals surface area contributed by atoms with Crippen molar-refractivity contribution >= 4 is 68.5 Å². The monoisotopic (exact) mass is 569 g/mol. The number of aliphatic imine (C=N–C) groups is 1. The number of hydrogen-bond acceptors (Lipinski definition) is 11. The van der Waals surface area contributed by atoms with Gasteiger partial charge in [0, 0.05) is 41.4 Å². The van der Waals surface area contributed by atoms with E-state index in [9.17, 15) is 9.59 Å². The van der Waals surface area contributed by atoms with Gasteiger partial charge in [-0.25, -0.2) is 4.99 Å². The molecule has 13 heteroatoms. The number of amides is 2. The summed E-state index contributed by atoms with van der Waals surface area (Å²) < 4.78 is 0. The lowest BCUT2D eigenvalue weighted by atomic mass is 9.86. The van der Waals surface area contributed by atoms with E-state index in [-0.39, 0.29) is 22.3 Å². The second-order valence-corrected chi connectivity index (χ2v) is 11.3. The van der Waals surface area contributed by atoms with Crippen LogP contribution >= 0.6 is 50.5 Å². The zero-order valence-corrected chi connectivity index (χ0v) is 24.1. The van der Waals surface area contributed by atoms with Crippen LogP contribution in [0, 0.1) is 11.8 Å². The molecule has 0 fully saturated rings. The van der Waals surface area contributed by atoms with E-state index in [1.54, 1.807) is 0 Å². The van der Waals surface area contributed by atoms with Crippen LogP contribution in [0.5, 0.6) is 0 Å². The summed E-state index contributed by atoms with van der Waals surface area (Å²) in [5.74, 6) is -0.345. The van der Waals surface area contributed by atoms with Crippen molar-refractivity contribution in [3.05, 3.63) is 0 Å². The molecule has 0 spiro atoms. The molecule has 0 radical (unpaired) electrons. The summed E-state index contributed by atoms with van der Waals surface area (Å²) >= 11 is 17.4. The molecule has 2 amide bonds. The van der Waals surface area contributed by atoms with Gasteiger partial charge in [-0.3, -0.25) is 9.59 Å². The molecule has 4 unspecified atom stereocenters. The molecule has 0 aliphatic carbocycles. The maximum atomic E-state index is 12.4. The number of rotatable bonds is 20. The Labute approximate surface area is 232 Å². The van der Waals surface area contributed by atoms with Crippen LogP contribution in [0.3, 0.4) is 0 Å². The Kier molecular flexibility index (Phi) is 21.0. The minimum Gasteiger partial charge on any atom is -0.340 e. The van der Waals surface area contributed by atoms with Crippen LogP contribution in [-0.4, -0.2) is 58.5 Å². The number of thiol groups is 4. The third-order valence-electron chi connectivity index (χ3n) is 5.76. The number of hydrogen-bond donors (Lipinski definition) is 10. The molecule has 35 heavy (non-hydrogen) atoms. The highest BCUT2D eigenvalue weighted by molar-refractivity contribution is 7.81. The largest absolute Gasteiger partial charge is 0.340 e. The Morgan fingerprint density at radius 2 is 1.26 bits per heavy atom. The van der Waals surface area contributed by atoms with Crippen LogP contribution in [-0.2, 0) is 9.59 Å². The van der Waals surface area contributed by atoms with Crippen molar-refractivity contribution in [1.82, 2.24) is 5.32 Å². The summed E-state index contributed by atoms with van der Waals surface area (Å²) in [5.41, 5.74) is 29.8. The molecule has 0 aliphatic rings. The Morgan fingerprint density at radius 1 is 0.771 bits per heavy atom. The van der Waals surface area contributed by atoms with Crippen molar-refractivity contribution in [1.29, 1.82) is 0 Å². The minimum atomic E-state index is -0.914. The average Bonchev–Trinajstić information content (AvgIpc) is 2.76. The van der Waals surface area contributed by atoms with Crippen LogP contribution in [0.2, 0.25) is 0 Å². The van der Waals surface area contributed by atoms with Gasteiger partial charge >= 0.3 is 0 Å². The second kappa shape index (κ2) is 21.0. The van der Waals surface area contributed by atoms with Gasteiger partial charge in [0.15, 0.2) is 0 Å². The highest BCUT2D eigenvalue weighted by Crippen LogP contribution is 2.17. The lowest BCUT2D eigenvalue weighted by Gasteiger charge is -2.34. The summed E-state index contributed by atoms with van der Waals surface area (Å²) in [6, 6.07) is 0. The van der Waals surface area contributed by atoms with Crippen molar-refractivity contribution in [2.75, 3.05) is 11.5 Å². The highest BCUT2D eigenvalue weighted by Gasteiger charge is 2.33. The van der Waals surface area contributed by atoms with Gasteiger partial charge in [-0.15, -0.1) is 0 Å². The fraction of sp³-hybridized carbons (Fsp3) is 0.864. The van der Waals surface area contributed by atoms with Crippen molar-refractivity contribution < 1.29 is 9.59 Å². The van der Waals surface area contributed by atoms with Gasteiger partial charge in [0.2, 0.25) is 11.8 Å². The normalized spacial score (nSPS) is 15.7. The molecule has 0 saturated carbocycles. The molecule has 0 aromatic carbocycles. The zero-order valence-electron chi connectivity index (χ0n) is 20.5. The molecule has 0 aliphatic heterocycles. The summed E-state index contributed by atoms with van der Waals surface area (Å²) in [6.07, 6.45) is 6.07. The number of nitrogens with two attached hydrogens (primary N) is 5. The quantitative estimate of drug-likeness (QED) is 0.0449. The summed E-state index contributed by atoms with van der Waals surface area (Å²) in [5, 5.41) is 3.31. The van der Waals surface area contributed by atoms with E-state index in [1.165, 1.54) is 6.21 Å². The Morgan fingerprint density at radius 3 is 1.71 bits per heavy atom. The lowest BCUT2D eigenvalue weighted by molar-refractivity contribution is -0.122. The highest BCUT2D eigenvalue weighted by atomic mass is 32.1. The van der Waals surface area contributed by atoms with Crippen LogP contribution < -0.4 is 34.0 Å². The predicted molar refractivity (Wildman–Crippen MR) is 160 cm³/mol. The zero-order chi connectivity index (χ0) is 26.8. The van der Waals surface area contributed by atoms with E-state index in [0.29, 0.717) is 25.7 Å². The Hall–Kier alpha value is 0.01000. The number of carbonyl (C=O) groups excluding carboxylic acids is 2.